The molecule has 0 bridgehead atoms. The van der Waals surface area contributed by atoms with Crippen molar-refractivity contribution in [2.45, 2.75) is 46.1 Å². The largest absolute Gasteiger partial charge is 0.368 e. The van der Waals surface area contributed by atoms with Gasteiger partial charge in [-0.2, -0.15) is 20.2 Å². The average Bonchev–Trinajstić information content (AvgIpc) is 2.28. The molecule has 0 saturated carbocycles. The highest BCUT2D eigenvalue weighted by Gasteiger charge is 2.16. The Morgan fingerprint density at radius 1 is 1.22 bits per heavy atom. The van der Waals surface area contributed by atoms with Gasteiger partial charge in [0.05, 0.1) is 12.5 Å². The van der Waals surface area contributed by atoms with Crippen LogP contribution in [0.5, 0.6) is 0 Å². The van der Waals surface area contributed by atoms with E-state index in [1.165, 1.54) is 0 Å². The molecule has 1 aromatic rings. The SMILES string of the molecule is CC(C)c1nc(N)nc(N(CCC#N)C(C)C)n1. The number of nitriles is 1. The highest BCUT2D eigenvalue weighted by Crippen LogP contribution is 2.17. The van der Waals surface area contributed by atoms with Crippen LogP contribution in [0.1, 0.15) is 45.9 Å². The van der Waals surface area contributed by atoms with Crippen molar-refractivity contribution < 1.29 is 0 Å². The summed E-state index contributed by atoms with van der Waals surface area (Å²) in [7, 11) is 0. The van der Waals surface area contributed by atoms with Gasteiger partial charge in [0.15, 0.2) is 0 Å². The summed E-state index contributed by atoms with van der Waals surface area (Å²) in [6.45, 7) is 8.68. The van der Waals surface area contributed by atoms with Crippen molar-refractivity contribution in [2.24, 2.45) is 0 Å². The van der Waals surface area contributed by atoms with Crippen molar-refractivity contribution in [3.05, 3.63) is 5.82 Å². The molecule has 6 nitrogen and oxygen atoms in total. The molecule has 0 aliphatic carbocycles. The molecule has 0 aliphatic heterocycles. The number of nitrogens with zero attached hydrogens (tertiary/aromatic N) is 5. The van der Waals surface area contributed by atoms with Crippen LogP contribution in [-0.4, -0.2) is 27.5 Å². The first-order valence-corrected chi connectivity index (χ1v) is 6.10. The van der Waals surface area contributed by atoms with Crippen molar-refractivity contribution in [1.82, 2.24) is 15.0 Å². The summed E-state index contributed by atoms with van der Waals surface area (Å²) in [6.07, 6.45) is 0.431. The second kappa shape index (κ2) is 6.15. The highest BCUT2D eigenvalue weighted by atomic mass is 15.3. The molecule has 2 N–H and O–H groups in total. The monoisotopic (exact) mass is 248 g/mol. The number of anilines is 2. The van der Waals surface area contributed by atoms with Crippen molar-refractivity contribution in [3.63, 3.8) is 0 Å². The van der Waals surface area contributed by atoms with Gasteiger partial charge >= 0.3 is 0 Å². The highest BCUT2D eigenvalue weighted by molar-refractivity contribution is 5.36. The van der Waals surface area contributed by atoms with Crippen LogP contribution in [0.25, 0.3) is 0 Å². The Bertz CT molecular complexity index is 435. The number of hydrogen-bond donors (Lipinski definition) is 1. The normalized spacial score (nSPS) is 10.7. The van der Waals surface area contributed by atoms with Gasteiger partial charge in [0.2, 0.25) is 11.9 Å². The predicted octanol–water partition coefficient (Wildman–Crippen LogP) is 1.71. The third kappa shape index (κ3) is 3.55. The molecular weight excluding hydrogens is 228 g/mol. The lowest BCUT2D eigenvalue weighted by molar-refractivity contribution is 0.652. The molecule has 0 aliphatic rings. The number of hydrogen-bond acceptors (Lipinski definition) is 6. The zero-order chi connectivity index (χ0) is 13.7. The Hall–Kier alpha value is -1.90. The molecule has 0 fully saturated rings. The molecule has 0 amide bonds. The van der Waals surface area contributed by atoms with Crippen molar-refractivity contribution in [1.29, 1.82) is 5.26 Å². The summed E-state index contributed by atoms with van der Waals surface area (Å²) < 4.78 is 0. The van der Waals surface area contributed by atoms with E-state index < -0.39 is 0 Å². The predicted molar refractivity (Wildman–Crippen MR) is 71.0 cm³/mol. The van der Waals surface area contributed by atoms with Crippen molar-refractivity contribution in [2.75, 3.05) is 17.2 Å². The number of nitrogen functional groups attached to an aromatic ring is 1. The van der Waals surface area contributed by atoms with Crippen LogP contribution in [0, 0.1) is 11.3 Å². The molecule has 0 radical (unpaired) electrons. The molecule has 0 aromatic carbocycles. The van der Waals surface area contributed by atoms with Crippen LogP contribution in [-0.2, 0) is 0 Å². The van der Waals surface area contributed by atoms with Gasteiger partial charge in [-0.05, 0) is 13.8 Å². The van der Waals surface area contributed by atoms with Crippen LogP contribution in [0.15, 0.2) is 0 Å². The maximum absolute atomic E-state index is 8.69. The summed E-state index contributed by atoms with van der Waals surface area (Å²) >= 11 is 0. The van der Waals surface area contributed by atoms with E-state index in [0.29, 0.717) is 24.7 Å². The van der Waals surface area contributed by atoms with Gasteiger partial charge in [-0.1, -0.05) is 13.8 Å². The van der Waals surface area contributed by atoms with Crippen LogP contribution in [0.2, 0.25) is 0 Å². The molecule has 0 saturated heterocycles. The smallest absolute Gasteiger partial charge is 0.230 e. The van der Waals surface area contributed by atoms with E-state index in [-0.39, 0.29) is 17.9 Å². The van der Waals surface area contributed by atoms with E-state index in [4.69, 9.17) is 11.0 Å². The zero-order valence-electron chi connectivity index (χ0n) is 11.4. The van der Waals surface area contributed by atoms with E-state index in [0.717, 1.165) is 0 Å². The fourth-order valence-corrected chi connectivity index (χ4v) is 1.54. The first-order chi connectivity index (χ1) is 8.45. The first-order valence-electron chi connectivity index (χ1n) is 6.10. The van der Waals surface area contributed by atoms with Gasteiger partial charge in [-0.15, -0.1) is 0 Å². The van der Waals surface area contributed by atoms with E-state index in [2.05, 4.69) is 21.0 Å². The lowest BCUT2D eigenvalue weighted by Crippen LogP contribution is -2.33. The second-order valence-corrected chi connectivity index (χ2v) is 4.70. The molecule has 1 heterocycles. The summed E-state index contributed by atoms with van der Waals surface area (Å²) in [5.41, 5.74) is 5.71. The maximum Gasteiger partial charge on any atom is 0.230 e. The molecule has 0 unspecified atom stereocenters. The fourth-order valence-electron chi connectivity index (χ4n) is 1.54. The molecule has 1 rings (SSSR count). The van der Waals surface area contributed by atoms with Gasteiger partial charge in [0, 0.05) is 18.5 Å². The minimum atomic E-state index is 0.194. The standard InChI is InChI=1S/C12H20N6/c1-8(2)10-15-11(14)17-12(16-10)18(9(3)4)7-5-6-13/h8-9H,5,7H2,1-4H3,(H2,14,15,16,17). The molecule has 1 aromatic heterocycles. The second-order valence-electron chi connectivity index (χ2n) is 4.70. The number of rotatable bonds is 5. The van der Waals surface area contributed by atoms with Crippen molar-refractivity contribution >= 4 is 11.9 Å². The van der Waals surface area contributed by atoms with E-state index in [9.17, 15) is 0 Å². The van der Waals surface area contributed by atoms with Gasteiger partial charge in [-0.3, -0.25) is 0 Å². The third-order valence-corrected chi connectivity index (χ3v) is 2.52. The first kappa shape index (κ1) is 14.2. The van der Waals surface area contributed by atoms with Gasteiger partial charge in [-0.25, -0.2) is 0 Å². The lowest BCUT2D eigenvalue weighted by Gasteiger charge is -2.26. The Kier molecular flexibility index (Phi) is 4.84. The molecule has 0 spiro atoms. The Labute approximate surface area is 108 Å². The molecule has 0 atom stereocenters. The summed E-state index contributed by atoms with van der Waals surface area (Å²) in [4.78, 5) is 14.7. The number of aromatic nitrogens is 3. The van der Waals surface area contributed by atoms with Crippen molar-refractivity contribution in [3.8, 4) is 6.07 Å². The van der Waals surface area contributed by atoms with Crippen LogP contribution < -0.4 is 10.6 Å². The molecule has 98 valence electrons. The minimum Gasteiger partial charge on any atom is -0.368 e. The van der Waals surface area contributed by atoms with E-state index >= 15 is 0 Å². The van der Waals surface area contributed by atoms with E-state index in [1.54, 1.807) is 0 Å². The molecule has 6 heteroatoms. The quantitative estimate of drug-likeness (QED) is 0.852. The minimum absolute atomic E-state index is 0.194. The zero-order valence-corrected chi connectivity index (χ0v) is 11.4. The van der Waals surface area contributed by atoms with Crippen LogP contribution in [0.3, 0.4) is 0 Å². The Morgan fingerprint density at radius 3 is 2.39 bits per heavy atom. The maximum atomic E-state index is 8.69. The summed E-state index contributed by atoms with van der Waals surface area (Å²) in [5.74, 6) is 1.65. The summed E-state index contributed by atoms with van der Waals surface area (Å²) in [5, 5.41) is 8.69. The lowest BCUT2D eigenvalue weighted by atomic mass is 10.2. The summed E-state index contributed by atoms with van der Waals surface area (Å²) in [6, 6.07) is 2.34. The number of nitrogens with two attached hydrogens (primary N) is 1. The van der Waals surface area contributed by atoms with Gasteiger partial charge in [0.1, 0.15) is 5.82 Å². The third-order valence-electron chi connectivity index (χ3n) is 2.52. The molecule has 18 heavy (non-hydrogen) atoms. The molecular formula is C12H20N6. The average molecular weight is 248 g/mol. The Balaban J connectivity index is 3.08. The van der Waals surface area contributed by atoms with Crippen LogP contribution >= 0.6 is 0 Å². The van der Waals surface area contributed by atoms with Crippen LogP contribution in [0.4, 0.5) is 11.9 Å². The fraction of sp³-hybridized carbons (Fsp3) is 0.667. The van der Waals surface area contributed by atoms with Gasteiger partial charge in [0.25, 0.3) is 0 Å². The van der Waals surface area contributed by atoms with Gasteiger partial charge < -0.3 is 10.6 Å². The topological polar surface area (TPSA) is 91.7 Å². The Morgan fingerprint density at radius 2 is 1.89 bits per heavy atom. The van der Waals surface area contributed by atoms with E-state index in [1.807, 2.05) is 32.6 Å².